The number of anilines is 1. The zero-order valence-corrected chi connectivity index (χ0v) is 12.3. The van der Waals surface area contributed by atoms with Crippen LogP contribution in [0.3, 0.4) is 0 Å². The molecule has 0 atom stereocenters. The first kappa shape index (κ1) is 13.8. The molecule has 1 aliphatic heterocycles. The van der Waals surface area contributed by atoms with Crippen LogP contribution in [-0.4, -0.2) is 49.8 Å². The molecule has 7 heteroatoms. The zero-order chi connectivity index (χ0) is 13.3. The van der Waals surface area contributed by atoms with E-state index >= 15 is 0 Å². The lowest BCUT2D eigenvalue weighted by molar-refractivity contribution is 0.154. The first-order valence-electron chi connectivity index (χ1n) is 5.99. The molecule has 0 aliphatic carbocycles. The molecular formula is C11H19N3O2S2. The van der Waals surface area contributed by atoms with Crippen LogP contribution in [0, 0.1) is 0 Å². The second-order valence-corrected chi connectivity index (χ2v) is 7.81. The van der Waals surface area contributed by atoms with Crippen LogP contribution in [0.15, 0.2) is 15.7 Å². The van der Waals surface area contributed by atoms with E-state index in [2.05, 4.69) is 18.7 Å². The lowest BCUT2D eigenvalue weighted by Crippen LogP contribution is -2.50. The van der Waals surface area contributed by atoms with Crippen molar-refractivity contribution in [3.05, 3.63) is 11.4 Å². The summed E-state index contributed by atoms with van der Waals surface area (Å²) in [7, 11) is -3.35. The van der Waals surface area contributed by atoms with Crippen molar-refractivity contribution in [2.45, 2.75) is 24.1 Å². The van der Waals surface area contributed by atoms with Gasteiger partial charge in [0.15, 0.2) is 0 Å². The van der Waals surface area contributed by atoms with Crippen molar-refractivity contribution in [3.8, 4) is 0 Å². The summed E-state index contributed by atoms with van der Waals surface area (Å²) < 4.78 is 26.6. The standard InChI is InChI=1S/C11H19N3O2S2/c1-9(2)13-3-5-14(6-4-13)18(15,16)11-7-10(12)8-17-11/h7-9H,3-6,12H2,1-2H3. The van der Waals surface area contributed by atoms with Gasteiger partial charge in [-0.25, -0.2) is 8.42 Å². The molecule has 0 spiro atoms. The van der Waals surface area contributed by atoms with Gasteiger partial charge >= 0.3 is 0 Å². The third-order valence-electron chi connectivity index (χ3n) is 3.19. The van der Waals surface area contributed by atoms with Crippen LogP contribution in [0.2, 0.25) is 0 Å². The quantitative estimate of drug-likeness (QED) is 0.903. The number of hydrogen-bond acceptors (Lipinski definition) is 5. The molecule has 0 saturated carbocycles. The highest BCUT2D eigenvalue weighted by Crippen LogP contribution is 2.25. The Labute approximate surface area is 112 Å². The van der Waals surface area contributed by atoms with Crippen LogP contribution in [-0.2, 0) is 10.0 Å². The van der Waals surface area contributed by atoms with Gasteiger partial charge in [0.1, 0.15) is 4.21 Å². The predicted molar refractivity (Wildman–Crippen MR) is 74.2 cm³/mol. The van der Waals surface area contributed by atoms with E-state index in [0.29, 0.717) is 29.0 Å². The Hall–Kier alpha value is -0.630. The Morgan fingerprint density at radius 1 is 1.28 bits per heavy atom. The summed E-state index contributed by atoms with van der Waals surface area (Å²) in [4.78, 5) is 2.29. The van der Waals surface area contributed by atoms with Crippen molar-refractivity contribution in [2.24, 2.45) is 0 Å². The van der Waals surface area contributed by atoms with E-state index in [9.17, 15) is 8.42 Å². The number of nitrogen functional groups attached to an aromatic ring is 1. The Bertz CT molecular complexity index is 502. The number of sulfonamides is 1. The monoisotopic (exact) mass is 289 g/mol. The summed E-state index contributed by atoms with van der Waals surface area (Å²) in [5.74, 6) is 0. The average molecular weight is 289 g/mol. The smallest absolute Gasteiger partial charge is 0.252 e. The maximum Gasteiger partial charge on any atom is 0.252 e. The van der Waals surface area contributed by atoms with Gasteiger partial charge in [0.05, 0.1) is 0 Å². The number of piperazine rings is 1. The topological polar surface area (TPSA) is 66.6 Å². The molecule has 0 unspecified atom stereocenters. The normalized spacial score (nSPS) is 19.5. The van der Waals surface area contributed by atoms with Crippen LogP contribution >= 0.6 is 11.3 Å². The van der Waals surface area contributed by atoms with E-state index in [0.717, 1.165) is 13.1 Å². The van der Waals surface area contributed by atoms with Crippen LogP contribution in [0.25, 0.3) is 0 Å². The molecule has 0 radical (unpaired) electrons. The Kier molecular flexibility index (Phi) is 3.96. The molecule has 2 rings (SSSR count). The molecule has 18 heavy (non-hydrogen) atoms. The minimum atomic E-state index is -3.35. The third kappa shape index (κ3) is 2.69. The SMILES string of the molecule is CC(C)N1CCN(S(=O)(=O)c2cc(N)cs2)CC1. The maximum atomic E-state index is 12.3. The third-order valence-corrected chi connectivity index (χ3v) is 6.53. The number of hydrogen-bond donors (Lipinski definition) is 1. The fraction of sp³-hybridized carbons (Fsp3) is 0.636. The molecule has 1 aromatic rings. The Morgan fingerprint density at radius 3 is 2.33 bits per heavy atom. The van der Waals surface area contributed by atoms with Gasteiger partial charge < -0.3 is 5.73 Å². The van der Waals surface area contributed by atoms with Crippen molar-refractivity contribution in [1.82, 2.24) is 9.21 Å². The number of rotatable bonds is 3. The van der Waals surface area contributed by atoms with E-state index in [4.69, 9.17) is 5.73 Å². The average Bonchev–Trinajstić information content (AvgIpc) is 2.76. The largest absolute Gasteiger partial charge is 0.398 e. The second-order valence-electron chi connectivity index (χ2n) is 4.73. The summed E-state index contributed by atoms with van der Waals surface area (Å²) in [6, 6.07) is 2.00. The Balaban J connectivity index is 2.09. The van der Waals surface area contributed by atoms with Crippen molar-refractivity contribution in [2.75, 3.05) is 31.9 Å². The van der Waals surface area contributed by atoms with E-state index in [1.54, 1.807) is 9.69 Å². The number of nitrogens with two attached hydrogens (primary N) is 1. The maximum absolute atomic E-state index is 12.3. The molecule has 1 aliphatic rings. The van der Waals surface area contributed by atoms with Gasteiger partial charge in [0, 0.05) is 43.3 Å². The number of thiophene rings is 1. The highest BCUT2D eigenvalue weighted by molar-refractivity contribution is 7.91. The molecule has 1 aromatic heterocycles. The van der Waals surface area contributed by atoms with Crippen LogP contribution in [0.1, 0.15) is 13.8 Å². The Morgan fingerprint density at radius 2 is 1.89 bits per heavy atom. The lowest BCUT2D eigenvalue weighted by atomic mass is 10.3. The zero-order valence-electron chi connectivity index (χ0n) is 10.7. The molecule has 0 aromatic carbocycles. The first-order chi connectivity index (χ1) is 8.41. The molecule has 0 bridgehead atoms. The van der Waals surface area contributed by atoms with Crippen molar-refractivity contribution < 1.29 is 8.42 Å². The predicted octanol–water partition coefficient (Wildman–Crippen LogP) is 1.04. The molecular weight excluding hydrogens is 270 g/mol. The summed E-state index contributed by atoms with van der Waals surface area (Å²) in [5.41, 5.74) is 6.10. The van der Waals surface area contributed by atoms with Gasteiger partial charge in [-0.05, 0) is 19.9 Å². The highest BCUT2D eigenvalue weighted by Gasteiger charge is 2.30. The van der Waals surface area contributed by atoms with E-state index in [-0.39, 0.29) is 0 Å². The van der Waals surface area contributed by atoms with Gasteiger partial charge in [-0.3, -0.25) is 4.90 Å². The molecule has 102 valence electrons. The van der Waals surface area contributed by atoms with E-state index in [1.807, 2.05) is 0 Å². The molecule has 5 nitrogen and oxygen atoms in total. The fourth-order valence-corrected chi connectivity index (χ4v) is 4.71. The minimum Gasteiger partial charge on any atom is -0.398 e. The summed E-state index contributed by atoms with van der Waals surface area (Å²) >= 11 is 1.19. The molecule has 1 saturated heterocycles. The second kappa shape index (κ2) is 5.16. The van der Waals surface area contributed by atoms with E-state index in [1.165, 1.54) is 17.4 Å². The lowest BCUT2D eigenvalue weighted by Gasteiger charge is -2.35. The minimum absolute atomic E-state index is 0.345. The van der Waals surface area contributed by atoms with Gasteiger partial charge in [0.2, 0.25) is 0 Å². The number of nitrogens with zero attached hydrogens (tertiary/aromatic N) is 2. The van der Waals surface area contributed by atoms with Gasteiger partial charge in [0.25, 0.3) is 10.0 Å². The van der Waals surface area contributed by atoms with Crippen LogP contribution in [0.4, 0.5) is 5.69 Å². The van der Waals surface area contributed by atoms with Crippen molar-refractivity contribution in [3.63, 3.8) is 0 Å². The molecule has 0 amide bonds. The van der Waals surface area contributed by atoms with Gasteiger partial charge in [-0.1, -0.05) is 0 Å². The van der Waals surface area contributed by atoms with Gasteiger partial charge in [-0.2, -0.15) is 4.31 Å². The van der Waals surface area contributed by atoms with Crippen molar-refractivity contribution >= 4 is 27.0 Å². The van der Waals surface area contributed by atoms with Crippen LogP contribution < -0.4 is 5.73 Å². The summed E-state index contributed by atoms with van der Waals surface area (Å²) in [6.45, 7) is 6.94. The molecule has 2 heterocycles. The van der Waals surface area contributed by atoms with Crippen molar-refractivity contribution in [1.29, 1.82) is 0 Å². The molecule has 2 N–H and O–H groups in total. The first-order valence-corrected chi connectivity index (χ1v) is 8.31. The fourth-order valence-electron chi connectivity index (χ4n) is 2.05. The highest BCUT2D eigenvalue weighted by atomic mass is 32.2. The van der Waals surface area contributed by atoms with Crippen LogP contribution in [0.5, 0.6) is 0 Å². The van der Waals surface area contributed by atoms with E-state index < -0.39 is 10.0 Å². The molecule has 1 fully saturated rings. The van der Waals surface area contributed by atoms with Gasteiger partial charge in [-0.15, -0.1) is 11.3 Å². The summed E-state index contributed by atoms with van der Waals surface area (Å²) in [6.07, 6.45) is 0. The summed E-state index contributed by atoms with van der Waals surface area (Å²) in [5, 5.41) is 1.66.